The zero-order valence-corrected chi connectivity index (χ0v) is 15.9. The molecule has 26 heavy (non-hydrogen) atoms. The van der Waals surface area contributed by atoms with Gasteiger partial charge in [0.1, 0.15) is 0 Å². The molecule has 1 amide bonds. The molecule has 1 aromatic carbocycles. The highest BCUT2D eigenvalue weighted by Crippen LogP contribution is 2.37. The summed E-state index contributed by atoms with van der Waals surface area (Å²) < 4.78 is 0. The summed E-state index contributed by atoms with van der Waals surface area (Å²) in [6.45, 7) is 2.93. The number of nitrogens with zero attached hydrogens (tertiary/aromatic N) is 2. The number of fused-ring (bicyclic) bond motifs is 1. The lowest BCUT2D eigenvalue weighted by molar-refractivity contribution is -0.142. The lowest BCUT2D eigenvalue weighted by Gasteiger charge is -2.37. The van der Waals surface area contributed by atoms with Crippen molar-refractivity contribution in [1.82, 2.24) is 9.80 Å². The summed E-state index contributed by atoms with van der Waals surface area (Å²) >= 11 is 1.75. The van der Waals surface area contributed by atoms with Gasteiger partial charge in [-0.2, -0.15) is 0 Å². The molecule has 2 aromatic rings. The molecule has 0 radical (unpaired) electrons. The van der Waals surface area contributed by atoms with Crippen LogP contribution in [0.25, 0.3) is 0 Å². The molecule has 138 valence electrons. The summed E-state index contributed by atoms with van der Waals surface area (Å²) in [5.74, 6) is -1.30. The van der Waals surface area contributed by atoms with Gasteiger partial charge in [-0.25, -0.2) is 0 Å². The molecule has 2 atom stereocenters. The van der Waals surface area contributed by atoms with Crippen LogP contribution in [-0.2, 0) is 16.0 Å². The number of carboxylic acids is 1. The number of carboxylic acid groups (broad SMARTS) is 1. The topological polar surface area (TPSA) is 60.9 Å². The van der Waals surface area contributed by atoms with E-state index in [1.807, 2.05) is 23.1 Å². The largest absolute Gasteiger partial charge is 0.481 e. The van der Waals surface area contributed by atoms with Crippen molar-refractivity contribution in [2.45, 2.75) is 19.4 Å². The van der Waals surface area contributed by atoms with Gasteiger partial charge in [0.15, 0.2) is 0 Å². The maximum atomic E-state index is 13.0. The smallest absolute Gasteiger partial charge is 0.307 e. The monoisotopic (exact) mass is 372 g/mol. The van der Waals surface area contributed by atoms with Crippen molar-refractivity contribution in [3.05, 3.63) is 57.8 Å². The van der Waals surface area contributed by atoms with Crippen molar-refractivity contribution in [2.75, 3.05) is 26.7 Å². The van der Waals surface area contributed by atoms with Crippen molar-refractivity contribution in [3.63, 3.8) is 0 Å². The number of likely N-dealkylation sites (N-methyl/N-ethyl adjacent to an activating group) is 1. The van der Waals surface area contributed by atoms with E-state index in [0.717, 1.165) is 12.0 Å². The summed E-state index contributed by atoms with van der Waals surface area (Å²) in [7, 11) is 1.80. The van der Waals surface area contributed by atoms with E-state index >= 15 is 0 Å². The van der Waals surface area contributed by atoms with Gasteiger partial charge < -0.3 is 10.0 Å². The predicted octanol–water partition coefficient (Wildman–Crippen LogP) is 2.87. The van der Waals surface area contributed by atoms with Crippen LogP contribution in [0, 0.1) is 5.92 Å². The molecule has 1 aliphatic rings. The first-order chi connectivity index (χ1) is 12.5. The number of aliphatic carboxylic acids is 1. The molecule has 5 nitrogen and oxygen atoms in total. The number of hydrogen-bond donors (Lipinski definition) is 1. The number of carbonyl (C=O) groups excluding carboxylic acids is 1. The first-order valence-corrected chi connectivity index (χ1v) is 9.67. The van der Waals surface area contributed by atoms with Gasteiger partial charge in [-0.1, -0.05) is 37.3 Å². The van der Waals surface area contributed by atoms with Gasteiger partial charge in [0.05, 0.1) is 18.5 Å². The molecule has 0 saturated carbocycles. The molecule has 3 rings (SSSR count). The average Bonchev–Trinajstić information content (AvgIpc) is 3.09. The fourth-order valence-electron chi connectivity index (χ4n) is 3.51. The minimum Gasteiger partial charge on any atom is -0.481 e. The quantitative estimate of drug-likeness (QED) is 0.847. The minimum atomic E-state index is -0.840. The van der Waals surface area contributed by atoms with Crippen molar-refractivity contribution in [2.24, 2.45) is 5.92 Å². The molecule has 1 N–H and O–H groups in total. The van der Waals surface area contributed by atoms with Crippen LogP contribution in [0.1, 0.15) is 29.0 Å². The Kier molecular flexibility index (Phi) is 5.74. The Morgan fingerprint density at radius 1 is 1.31 bits per heavy atom. The third-order valence-corrected chi connectivity index (χ3v) is 5.81. The molecule has 6 heteroatoms. The van der Waals surface area contributed by atoms with Crippen LogP contribution in [-0.4, -0.2) is 53.5 Å². The first-order valence-electron chi connectivity index (χ1n) is 8.79. The summed E-state index contributed by atoms with van der Waals surface area (Å²) in [5, 5.41) is 11.2. The predicted molar refractivity (Wildman–Crippen MR) is 102 cm³/mol. The second-order valence-electron chi connectivity index (χ2n) is 6.89. The number of carbonyl (C=O) groups is 2. The first kappa shape index (κ1) is 18.6. The second-order valence-corrected chi connectivity index (χ2v) is 7.89. The fourth-order valence-corrected chi connectivity index (χ4v) is 4.42. The molecule has 2 heterocycles. The van der Waals surface area contributed by atoms with E-state index < -0.39 is 11.9 Å². The lowest BCUT2D eigenvalue weighted by atomic mass is 9.93. The van der Waals surface area contributed by atoms with Crippen LogP contribution in [0.4, 0.5) is 0 Å². The third kappa shape index (κ3) is 3.97. The molecule has 1 aliphatic heterocycles. The molecular formula is C20H24N2O3S. The van der Waals surface area contributed by atoms with Crippen molar-refractivity contribution in [1.29, 1.82) is 0 Å². The second kappa shape index (κ2) is 8.01. The van der Waals surface area contributed by atoms with E-state index in [1.54, 1.807) is 30.2 Å². The number of rotatable bonds is 6. The normalized spacial score (nSPS) is 17.8. The number of benzene rings is 1. The van der Waals surface area contributed by atoms with Crippen LogP contribution >= 0.6 is 11.3 Å². The Labute approximate surface area is 157 Å². The molecule has 0 spiro atoms. The molecule has 0 saturated heterocycles. The maximum absolute atomic E-state index is 13.0. The number of amides is 1. The summed E-state index contributed by atoms with van der Waals surface area (Å²) in [4.78, 5) is 29.1. The van der Waals surface area contributed by atoms with E-state index in [-0.39, 0.29) is 18.5 Å². The molecule has 1 aromatic heterocycles. The Morgan fingerprint density at radius 3 is 2.73 bits per heavy atom. The van der Waals surface area contributed by atoms with Crippen LogP contribution in [0.2, 0.25) is 0 Å². The Morgan fingerprint density at radius 2 is 2.04 bits per heavy atom. The highest BCUT2D eigenvalue weighted by atomic mass is 32.1. The maximum Gasteiger partial charge on any atom is 0.307 e. The highest BCUT2D eigenvalue weighted by molar-refractivity contribution is 7.10. The van der Waals surface area contributed by atoms with Crippen molar-refractivity contribution in [3.8, 4) is 0 Å². The molecular weight excluding hydrogens is 348 g/mol. The molecule has 0 bridgehead atoms. The van der Waals surface area contributed by atoms with Gasteiger partial charge >= 0.3 is 5.97 Å². The Hall–Kier alpha value is -2.18. The van der Waals surface area contributed by atoms with Gasteiger partial charge in [-0.3, -0.25) is 14.5 Å². The van der Waals surface area contributed by atoms with Crippen molar-refractivity contribution >= 4 is 23.2 Å². The standard InChI is InChI=1S/C20H24N2O3S/c1-14(20(24)25)12-21(2)13-18(23)22-10-8-17-16(9-11-26-17)19(22)15-6-4-3-5-7-15/h3-7,9,11,14,19H,8,10,12-13H2,1-2H3,(H,24,25). The zero-order chi connectivity index (χ0) is 18.7. The number of thiophene rings is 1. The fraction of sp³-hybridized carbons (Fsp3) is 0.400. The average molecular weight is 372 g/mol. The minimum absolute atomic E-state index is 0.0378. The van der Waals surface area contributed by atoms with Gasteiger partial charge in [-0.15, -0.1) is 11.3 Å². The Balaban J connectivity index is 1.79. The van der Waals surface area contributed by atoms with E-state index in [2.05, 4.69) is 23.6 Å². The molecule has 2 unspecified atom stereocenters. The van der Waals surface area contributed by atoms with Crippen LogP contribution < -0.4 is 0 Å². The summed E-state index contributed by atoms with van der Waals surface area (Å²) in [6.07, 6.45) is 0.872. The van der Waals surface area contributed by atoms with Gasteiger partial charge in [0.2, 0.25) is 5.91 Å². The third-order valence-electron chi connectivity index (χ3n) is 4.81. The summed E-state index contributed by atoms with van der Waals surface area (Å²) in [5.41, 5.74) is 2.32. The van der Waals surface area contributed by atoms with Crippen LogP contribution in [0.5, 0.6) is 0 Å². The van der Waals surface area contributed by atoms with Gasteiger partial charge in [0.25, 0.3) is 0 Å². The SMILES string of the molecule is CC(CN(C)CC(=O)N1CCc2sccc2C1c1ccccc1)C(=O)O. The Bertz CT molecular complexity index is 774. The molecule has 0 aliphatic carbocycles. The van der Waals surface area contributed by atoms with E-state index in [0.29, 0.717) is 13.1 Å². The number of hydrogen-bond acceptors (Lipinski definition) is 4. The highest BCUT2D eigenvalue weighted by Gasteiger charge is 2.33. The van der Waals surface area contributed by atoms with E-state index in [9.17, 15) is 9.59 Å². The van der Waals surface area contributed by atoms with Crippen molar-refractivity contribution < 1.29 is 14.7 Å². The van der Waals surface area contributed by atoms with Crippen LogP contribution in [0.3, 0.4) is 0 Å². The zero-order valence-electron chi connectivity index (χ0n) is 15.1. The summed E-state index contributed by atoms with van der Waals surface area (Å²) in [6, 6.07) is 12.2. The lowest BCUT2D eigenvalue weighted by Crippen LogP contribution is -2.45. The van der Waals surface area contributed by atoms with Gasteiger partial charge in [-0.05, 0) is 36.0 Å². The van der Waals surface area contributed by atoms with Crippen LogP contribution in [0.15, 0.2) is 41.8 Å². The molecule has 0 fully saturated rings. The van der Waals surface area contributed by atoms with E-state index in [4.69, 9.17) is 5.11 Å². The van der Waals surface area contributed by atoms with Gasteiger partial charge in [0, 0.05) is 18.0 Å². The van der Waals surface area contributed by atoms with E-state index in [1.165, 1.54) is 10.4 Å².